The third-order valence-electron chi connectivity index (χ3n) is 3.45. The number of nitrogens with one attached hydrogen (secondary N) is 1. The molecule has 3 nitrogen and oxygen atoms in total. The van der Waals surface area contributed by atoms with Gasteiger partial charge in [0.05, 0.1) is 0 Å². The van der Waals surface area contributed by atoms with Crippen LogP contribution in [0.25, 0.3) is 0 Å². The van der Waals surface area contributed by atoms with E-state index in [1.807, 2.05) is 45.0 Å². The smallest absolute Gasteiger partial charge is 0.251 e. The molecule has 2 rings (SSSR count). The molecule has 1 aromatic rings. The average Bonchev–Trinajstić information content (AvgIpc) is 2.99. The van der Waals surface area contributed by atoms with Gasteiger partial charge in [-0.15, -0.1) is 0 Å². The Morgan fingerprint density at radius 1 is 1.15 bits per heavy atom. The summed E-state index contributed by atoms with van der Waals surface area (Å²) < 4.78 is 0. The minimum absolute atomic E-state index is 0.0384. The molecule has 0 radical (unpaired) electrons. The summed E-state index contributed by atoms with van der Waals surface area (Å²) in [5, 5.41) is 2.98. The van der Waals surface area contributed by atoms with Crippen LogP contribution in [0.1, 0.15) is 49.0 Å². The molecule has 112 valence electrons. The first-order valence-electron chi connectivity index (χ1n) is 7.83. The quantitative estimate of drug-likeness (QED) is 0.837. The summed E-state index contributed by atoms with van der Waals surface area (Å²) >= 11 is 0. The van der Waals surface area contributed by atoms with Gasteiger partial charge in [0.25, 0.3) is 5.91 Å². The van der Waals surface area contributed by atoms with Crippen molar-refractivity contribution in [2.45, 2.75) is 40.0 Å². The van der Waals surface area contributed by atoms with Gasteiger partial charge < -0.3 is 10.2 Å². The zero-order valence-electron chi connectivity index (χ0n) is 13.1. The Morgan fingerprint density at radius 2 is 1.75 bits per heavy atom. The van der Waals surface area contributed by atoms with Crippen LogP contribution in [-0.4, -0.2) is 37.0 Å². The Kier molecular flexibility index (Phi) is 7.97. The maximum atomic E-state index is 11.8. The molecule has 1 fully saturated rings. The van der Waals surface area contributed by atoms with Crippen LogP contribution in [-0.2, 0) is 0 Å². The van der Waals surface area contributed by atoms with Crippen LogP contribution >= 0.6 is 0 Å². The number of aryl methyl sites for hydroxylation is 1. The Balaban J connectivity index is 0.000000956. The number of hydrogen-bond donors (Lipinski definition) is 1. The molecule has 1 amide bonds. The van der Waals surface area contributed by atoms with Crippen LogP contribution in [0.15, 0.2) is 24.3 Å². The number of carbonyl (C=O) groups excluding carboxylic acids is 1. The van der Waals surface area contributed by atoms with E-state index >= 15 is 0 Å². The maximum Gasteiger partial charge on any atom is 0.251 e. The van der Waals surface area contributed by atoms with Gasteiger partial charge in [-0.3, -0.25) is 4.79 Å². The van der Waals surface area contributed by atoms with Crippen LogP contribution in [0.5, 0.6) is 0 Å². The summed E-state index contributed by atoms with van der Waals surface area (Å²) in [6, 6.07) is 7.70. The number of likely N-dealkylation sites (tertiary alicyclic amines) is 1. The minimum Gasteiger partial charge on any atom is -0.352 e. The van der Waals surface area contributed by atoms with Crippen molar-refractivity contribution in [3.63, 3.8) is 0 Å². The maximum absolute atomic E-state index is 11.8. The Labute approximate surface area is 123 Å². The number of amides is 1. The highest BCUT2D eigenvalue weighted by atomic mass is 16.1. The summed E-state index contributed by atoms with van der Waals surface area (Å²) in [5.41, 5.74) is 1.93. The van der Waals surface area contributed by atoms with Gasteiger partial charge in [0, 0.05) is 12.1 Å². The Hall–Kier alpha value is -1.35. The van der Waals surface area contributed by atoms with Crippen molar-refractivity contribution in [3.8, 4) is 0 Å². The van der Waals surface area contributed by atoms with Gasteiger partial charge in [-0.2, -0.15) is 0 Å². The molecule has 1 N–H and O–H groups in total. The van der Waals surface area contributed by atoms with Crippen molar-refractivity contribution in [2.24, 2.45) is 0 Å². The van der Waals surface area contributed by atoms with Gasteiger partial charge in [0.2, 0.25) is 0 Å². The van der Waals surface area contributed by atoms with Crippen molar-refractivity contribution >= 4 is 5.91 Å². The molecule has 1 heterocycles. The lowest BCUT2D eigenvalue weighted by Gasteiger charge is -2.14. The number of rotatable bonds is 5. The fraction of sp³-hybridized carbons (Fsp3) is 0.588. The zero-order valence-corrected chi connectivity index (χ0v) is 13.1. The fourth-order valence-electron chi connectivity index (χ4n) is 2.32. The summed E-state index contributed by atoms with van der Waals surface area (Å²) in [6.45, 7) is 10.4. The molecule has 1 aliphatic rings. The molecule has 0 atom stereocenters. The topological polar surface area (TPSA) is 32.3 Å². The second-order valence-electron chi connectivity index (χ2n) is 5.02. The lowest BCUT2D eigenvalue weighted by Crippen LogP contribution is -2.28. The number of carbonyl (C=O) groups is 1. The molecular formula is C17H28N2O. The molecule has 20 heavy (non-hydrogen) atoms. The molecule has 1 aromatic carbocycles. The van der Waals surface area contributed by atoms with E-state index in [1.165, 1.54) is 31.5 Å². The van der Waals surface area contributed by atoms with E-state index < -0.39 is 0 Å². The zero-order chi connectivity index (χ0) is 14.8. The molecule has 3 heteroatoms. The van der Waals surface area contributed by atoms with E-state index in [4.69, 9.17) is 0 Å². The van der Waals surface area contributed by atoms with Gasteiger partial charge in [-0.05, 0) is 58.0 Å². The van der Waals surface area contributed by atoms with Crippen LogP contribution < -0.4 is 5.32 Å². The predicted octanol–water partition coefficient (Wildman–Crippen LogP) is 3.24. The molecule has 0 spiro atoms. The largest absolute Gasteiger partial charge is 0.352 e. The van der Waals surface area contributed by atoms with Crippen molar-refractivity contribution in [2.75, 3.05) is 26.2 Å². The molecule has 0 bridgehead atoms. The van der Waals surface area contributed by atoms with Crippen LogP contribution in [0.3, 0.4) is 0 Å². The monoisotopic (exact) mass is 276 g/mol. The summed E-state index contributed by atoms with van der Waals surface area (Å²) in [7, 11) is 0. The summed E-state index contributed by atoms with van der Waals surface area (Å²) in [4.78, 5) is 14.3. The van der Waals surface area contributed by atoms with Crippen molar-refractivity contribution in [3.05, 3.63) is 35.4 Å². The van der Waals surface area contributed by atoms with E-state index in [-0.39, 0.29) is 5.91 Å². The predicted molar refractivity (Wildman–Crippen MR) is 85.2 cm³/mol. The normalized spacial score (nSPS) is 14.6. The average molecular weight is 276 g/mol. The molecular weight excluding hydrogens is 248 g/mol. The molecule has 0 saturated carbocycles. The SMILES string of the molecule is CC.Cc1ccc(C(=O)NCCCN2CCCC2)cc1. The van der Waals surface area contributed by atoms with Gasteiger partial charge in [0.15, 0.2) is 0 Å². The Bertz CT molecular complexity index is 380. The molecule has 1 aliphatic heterocycles. The third kappa shape index (κ3) is 5.74. The van der Waals surface area contributed by atoms with Crippen molar-refractivity contribution < 1.29 is 4.79 Å². The highest BCUT2D eigenvalue weighted by Gasteiger charge is 2.10. The number of benzene rings is 1. The van der Waals surface area contributed by atoms with Gasteiger partial charge >= 0.3 is 0 Å². The number of hydrogen-bond acceptors (Lipinski definition) is 2. The third-order valence-corrected chi connectivity index (χ3v) is 3.45. The highest BCUT2D eigenvalue weighted by molar-refractivity contribution is 5.94. The van der Waals surface area contributed by atoms with E-state index in [2.05, 4.69) is 10.2 Å². The fourth-order valence-corrected chi connectivity index (χ4v) is 2.32. The summed E-state index contributed by atoms with van der Waals surface area (Å²) in [5.74, 6) is 0.0384. The summed E-state index contributed by atoms with van der Waals surface area (Å²) in [6.07, 6.45) is 3.70. The molecule has 0 unspecified atom stereocenters. The van der Waals surface area contributed by atoms with E-state index in [0.29, 0.717) is 0 Å². The second kappa shape index (κ2) is 9.54. The minimum atomic E-state index is 0.0384. The van der Waals surface area contributed by atoms with Crippen molar-refractivity contribution in [1.29, 1.82) is 0 Å². The lowest BCUT2D eigenvalue weighted by molar-refractivity contribution is 0.0952. The first kappa shape index (κ1) is 16.7. The lowest BCUT2D eigenvalue weighted by atomic mass is 10.1. The first-order chi connectivity index (χ1) is 9.75. The van der Waals surface area contributed by atoms with Gasteiger partial charge in [-0.1, -0.05) is 31.5 Å². The molecule has 1 saturated heterocycles. The second-order valence-corrected chi connectivity index (χ2v) is 5.02. The number of nitrogens with zero attached hydrogens (tertiary/aromatic N) is 1. The van der Waals surface area contributed by atoms with Crippen LogP contribution in [0.4, 0.5) is 0 Å². The van der Waals surface area contributed by atoms with Crippen molar-refractivity contribution in [1.82, 2.24) is 10.2 Å². The van der Waals surface area contributed by atoms with Crippen LogP contribution in [0.2, 0.25) is 0 Å². The highest BCUT2D eigenvalue weighted by Crippen LogP contribution is 2.07. The van der Waals surface area contributed by atoms with E-state index in [0.717, 1.165) is 25.1 Å². The van der Waals surface area contributed by atoms with E-state index in [9.17, 15) is 4.79 Å². The molecule has 0 aromatic heterocycles. The van der Waals surface area contributed by atoms with Gasteiger partial charge in [-0.25, -0.2) is 0 Å². The van der Waals surface area contributed by atoms with Crippen LogP contribution in [0, 0.1) is 6.92 Å². The molecule has 0 aliphatic carbocycles. The standard InChI is InChI=1S/C15H22N2O.C2H6/c1-13-5-7-14(8-6-13)15(18)16-9-4-12-17-10-2-3-11-17;1-2/h5-8H,2-4,9-12H2,1H3,(H,16,18);1-2H3. The van der Waals surface area contributed by atoms with E-state index in [1.54, 1.807) is 0 Å². The first-order valence-corrected chi connectivity index (χ1v) is 7.83. The van der Waals surface area contributed by atoms with Gasteiger partial charge in [0.1, 0.15) is 0 Å². The Morgan fingerprint density at radius 3 is 2.35 bits per heavy atom.